The average molecular weight is 200 g/mol. The molecule has 0 bridgehead atoms. The molecule has 78 valence electrons. The largest absolute Gasteiger partial charge is 0.398 e. The standard InChI is InChI=1S/C13H16N2/c14-7-3-6-12-8-10-4-1-2-5-11(10)9-13(12)15/h1-2,4-5,8-9H,3,6-7,14-15H2. The van der Waals surface area contributed by atoms with Crippen LogP contribution in [0.5, 0.6) is 0 Å². The summed E-state index contributed by atoms with van der Waals surface area (Å²) in [5.41, 5.74) is 13.6. The van der Waals surface area contributed by atoms with Gasteiger partial charge >= 0.3 is 0 Å². The maximum absolute atomic E-state index is 5.99. The van der Waals surface area contributed by atoms with Crippen molar-refractivity contribution in [2.24, 2.45) is 5.73 Å². The van der Waals surface area contributed by atoms with Gasteiger partial charge in [0.05, 0.1) is 0 Å². The smallest absolute Gasteiger partial charge is 0.0353 e. The molecule has 0 aliphatic rings. The van der Waals surface area contributed by atoms with Gasteiger partial charge in [-0.25, -0.2) is 0 Å². The predicted molar refractivity (Wildman–Crippen MR) is 65.7 cm³/mol. The Balaban J connectivity index is 2.43. The molecule has 0 fully saturated rings. The third kappa shape index (κ3) is 2.10. The van der Waals surface area contributed by atoms with E-state index in [2.05, 4.69) is 18.2 Å². The van der Waals surface area contributed by atoms with Gasteiger partial charge < -0.3 is 11.5 Å². The Morgan fingerprint density at radius 1 is 1.00 bits per heavy atom. The second-order valence-electron chi connectivity index (χ2n) is 3.79. The van der Waals surface area contributed by atoms with Crippen molar-refractivity contribution < 1.29 is 0 Å². The van der Waals surface area contributed by atoms with E-state index in [4.69, 9.17) is 11.5 Å². The number of nitrogens with two attached hydrogens (primary N) is 2. The molecule has 2 rings (SSSR count). The van der Waals surface area contributed by atoms with Crippen molar-refractivity contribution in [3.8, 4) is 0 Å². The van der Waals surface area contributed by atoms with Crippen molar-refractivity contribution >= 4 is 16.5 Å². The lowest BCUT2D eigenvalue weighted by Crippen LogP contribution is -2.02. The van der Waals surface area contributed by atoms with Gasteiger partial charge in [-0.2, -0.15) is 0 Å². The molecule has 2 nitrogen and oxygen atoms in total. The van der Waals surface area contributed by atoms with Gasteiger partial charge in [0.1, 0.15) is 0 Å². The van der Waals surface area contributed by atoms with Crippen LogP contribution in [0.4, 0.5) is 5.69 Å². The van der Waals surface area contributed by atoms with E-state index in [0.29, 0.717) is 6.54 Å². The third-order valence-corrected chi connectivity index (χ3v) is 2.66. The topological polar surface area (TPSA) is 52.0 Å². The first-order valence-electron chi connectivity index (χ1n) is 5.28. The highest BCUT2D eigenvalue weighted by molar-refractivity contribution is 5.86. The Kier molecular flexibility index (Phi) is 2.88. The molecule has 0 aliphatic carbocycles. The zero-order chi connectivity index (χ0) is 10.7. The number of nitrogen functional groups attached to an aromatic ring is 1. The van der Waals surface area contributed by atoms with Gasteiger partial charge in [-0.3, -0.25) is 0 Å². The predicted octanol–water partition coefficient (Wildman–Crippen LogP) is 2.31. The van der Waals surface area contributed by atoms with E-state index in [1.54, 1.807) is 0 Å². The first-order valence-corrected chi connectivity index (χ1v) is 5.28. The van der Waals surface area contributed by atoms with Crippen LogP contribution in [0.3, 0.4) is 0 Å². The number of rotatable bonds is 3. The minimum absolute atomic E-state index is 0.715. The fourth-order valence-corrected chi connectivity index (χ4v) is 1.81. The summed E-state index contributed by atoms with van der Waals surface area (Å²) in [7, 11) is 0. The Hall–Kier alpha value is -1.54. The van der Waals surface area contributed by atoms with Crippen molar-refractivity contribution in [2.75, 3.05) is 12.3 Å². The molecule has 0 saturated heterocycles. The summed E-state index contributed by atoms with van der Waals surface area (Å²) in [4.78, 5) is 0. The summed E-state index contributed by atoms with van der Waals surface area (Å²) >= 11 is 0. The number of anilines is 1. The summed E-state index contributed by atoms with van der Waals surface area (Å²) in [6, 6.07) is 12.5. The molecule has 0 heterocycles. The number of aryl methyl sites for hydroxylation is 1. The van der Waals surface area contributed by atoms with Gasteiger partial charge in [0.15, 0.2) is 0 Å². The minimum Gasteiger partial charge on any atom is -0.398 e. The van der Waals surface area contributed by atoms with E-state index in [9.17, 15) is 0 Å². The fraction of sp³-hybridized carbons (Fsp3) is 0.231. The van der Waals surface area contributed by atoms with Gasteiger partial charge in [-0.15, -0.1) is 0 Å². The normalized spacial score (nSPS) is 10.7. The molecular formula is C13H16N2. The lowest BCUT2D eigenvalue weighted by Gasteiger charge is -2.07. The molecule has 2 aromatic rings. The van der Waals surface area contributed by atoms with E-state index in [0.717, 1.165) is 18.5 Å². The van der Waals surface area contributed by atoms with Crippen LogP contribution >= 0.6 is 0 Å². The van der Waals surface area contributed by atoms with Crippen LogP contribution in [0.25, 0.3) is 10.8 Å². The van der Waals surface area contributed by atoms with Gasteiger partial charge in [0.25, 0.3) is 0 Å². The maximum Gasteiger partial charge on any atom is 0.0353 e. The second kappa shape index (κ2) is 4.32. The van der Waals surface area contributed by atoms with Crippen LogP contribution in [0.1, 0.15) is 12.0 Å². The van der Waals surface area contributed by atoms with Gasteiger partial charge in [-0.05, 0) is 47.9 Å². The Bertz CT molecular complexity index is 463. The fourth-order valence-electron chi connectivity index (χ4n) is 1.81. The van der Waals surface area contributed by atoms with Crippen molar-refractivity contribution in [3.63, 3.8) is 0 Å². The summed E-state index contributed by atoms with van der Waals surface area (Å²) in [6.07, 6.45) is 1.95. The van der Waals surface area contributed by atoms with Gasteiger partial charge in [0.2, 0.25) is 0 Å². The van der Waals surface area contributed by atoms with E-state index in [-0.39, 0.29) is 0 Å². The molecule has 0 saturated carbocycles. The van der Waals surface area contributed by atoms with Crippen molar-refractivity contribution in [3.05, 3.63) is 42.0 Å². The molecule has 0 spiro atoms. The van der Waals surface area contributed by atoms with E-state index >= 15 is 0 Å². The molecule has 0 radical (unpaired) electrons. The highest BCUT2D eigenvalue weighted by Crippen LogP contribution is 2.22. The molecule has 0 aliphatic heterocycles. The molecule has 2 aromatic carbocycles. The van der Waals surface area contributed by atoms with Gasteiger partial charge in [0, 0.05) is 5.69 Å². The van der Waals surface area contributed by atoms with Crippen LogP contribution in [-0.2, 0) is 6.42 Å². The number of hydrogen-bond donors (Lipinski definition) is 2. The quantitative estimate of drug-likeness (QED) is 0.747. The highest BCUT2D eigenvalue weighted by atomic mass is 14.6. The SMILES string of the molecule is NCCCc1cc2ccccc2cc1N. The lowest BCUT2D eigenvalue weighted by molar-refractivity contribution is 0.835. The zero-order valence-corrected chi connectivity index (χ0v) is 8.74. The van der Waals surface area contributed by atoms with Crippen molar-refractivity contribution in [2.45, 2.75) is 12.8 Å². The molecule has 0 unspecified atom stereocenters. The molecule has 15 heavy (non-hydrogen) atoms. The van der Waals surface area contributed by atoms with Crippen molar-refractivity contribution in [1.82, 2.24) is 0 Å². The molecule has 0 aromatic heterocycles. The van der Waals surface area contributed by atoms with E-state index in [1.165, 1.54) is 16.3 Å². The van der Waals surface area contributed by atoms with Crippen LogP contribution in [0.15, 0.2) is 36.4 Å². The van der Waals surface area contributed by atoms with Crippen LogP contribution in [0, 0.1) is 0 Å². The molecule has 0 atom stereocenters. The Morgan fingerprint density at radius 2 is 1.67 bits per heavy atom. The summed E-state index contributed by atoms with van der Waals surface area (Å²) in [5.74, 6) is 0. The summed E-state index contributed by atoms with van der Waals surface area (Å²) in [6.45, 7) is 0.715. The Labute approximate surface area is 89.9 Å². The average Bonchev–Trinajstić information content (AvgIpc) is 2.26. The summed E-state index contributed by atoms with van der Waals surface area (Å²) < 4.78 is 0. The Morgan fingerprint density at radius 3 is 2.33 bits per heavy atom. The van der Waals surface area contributed by atoms with Crippen LogP contribution < -0.4 is 11.5 Å². The zero-order valence-electron chi connectivity index (χ0n) is 8.74. The third-order valence-electron chi connectivity index (χ3n) is 2.66. The molecule has 4 N–H and O–H groups in total. The highest BCUT2D eigenvalue weighted by Gasteiger charge is 2.01. The monoisotopic (exact) mass is 200 g/mol. The van der Waals surface area contributed by atoms with Crippen molar-refractivity contribution in [1.29, 1.82) is 0 Å². The van der Waals surface area contributed by atoms with E-state index < -0.39 is 0 Å². The number of benzene rings is 2. The molecule has 0 amide bonds. The molecular weight excluding hydrogens is 184 g/mol. The molecule has 2 heteroatoms. The van der Waals surface area contributed by atoms with Crippen LogP contribution in [0.2, 0.25) is 0 Å². The number of hydrogen-bond acceptors (Lipinski definition) is 2. The van der Waals surface area contributed by atoms with E-state index in [1.807, 2.05) is 18.2 Å². The number of fused-ring (bicyclic) bond motifs is 1. The summed E-state index contributed by atoms with van der Waals surface area (Å²) in [5, 5.41) is 2.45. The van der Waals surface area contributed by atoms with Crippen LogP contribution in [-0.4, -0.2) is 6.54 Å². The minimum atomic E-state index is 0.715. The maximum atomic E-state index is 5.99. The first-order chi connectivity index (χ1) is 7.31. The lowest BCUT2D eigenvalue weighted by atomic mass is 10.0. The first kappa shape index (κ1) is 9.99. The second-order valence-corrected chi connectivity index (χ2v) is 3.79. The van der Waals surface area contributed by atoms with Gasteiger partial charge in [-0.1, -0.05) is 24.3 Å².